The number of benzene rings is 2. The van der Waals surface area contributed by atoms with Crippen molar-refractivity contribution >= 4 is 21.8 Å². The molecule has 2 rings (SSSR count). The van der Waals surface area contributed by atoms with Crippen LogP contribution in [0.4, 0.5) is 0 Å². The van der Waals surface area contributed by atoms with Gasteiger partial charge in [-0.2, -0.15) is 4.31 Å². The summed E-state index contributed by atoms with van der Waals surface area (Å²) in [6.07, 6.45) is -0.198. The summed E-state index contributed by atoms with van der Waals surface area (Å²) in [5, 5.41) is 17.0. The monoisotopic (exact) mass is 561 g/mol. The van der Waals surface area contributed by atoms with Crippen LogP contribution in [0.15, 0.2) is 59.5 Å². The molecule has 3 N–H and O–H groups in total. The van der Waals surface area contributed by atoms with Crippen molar-refractivity contribution in [1.82, 2.24) is 14.9 Å². The third-order valence-electron chi connectivity index (χ3n) is 6.70. The summed E-state index contributed by atoms with van der Waals surface area (Å²) in [5.41, 5.74) is 0.869. The molecule has 216 valence electrons. The lowest BCUT2D eigenvalue weighted by atomic mass is 9.98. The average Bonchev–Trinajstić information content (AvgIpc) is 2.91. The van der Waals surface area contributed by atoms with Gasteiger partial charge >= 0.3 is 0 Å². The number of carbonyl (C=O) groups is 2. The number of hydrogen-bond donors (Lipinski definition) is 3. The van der Waals surface area contributed by atoms with Gasteiger partial charge in [0, 0.05) is 20.0 Å². The number of aliphatic hydroxyl groups excluding tert-OH is 1. The fraction of sp³-hybridized carbons (Fsp3) is 0.517. The first-order chi connectivity index (χ1) is 18.4. The molecule has 2 amide bonds. The minimum atomic E-state index is -3.96. The van der Waals surface area contributed by atoms with E-state index in [-0.39, 0.29) is 42.1 Å². The Kier molecular flexibility index (Phi) is 12.4. The molecule has 9 nitrogen and oxygen atoms in total. The van der Waals surface area contributed by atoms with Gasteiger partial charge < -0.3 is 20.5 Å². The quantitative estimate of drug-likeness (QED) is 0.307. The van der Waals surface area contributed by atoms with Crippen molar-refractivity contribution in [2.24, 2.45) is 11.8 Å². The smallest absolute Gasteiger partial charge is 0.243 e. The Bertz CT molecular complexity index is 1160. The highest BCUT2D eigenvalue weighted by atomic mass is 32.2. The fourth-order valence-corrected chi connectivity index (χ4v) is 5.74. The second-order valence-corrected chi connectivity index (χ2v) is 12.2. The van der Waals surface area contributed by atoms with Crippen LogP contribution in [0.1, 0.15) is 46.6 Å². The first kappa shape index (κ1) is 32.3. The number of rotatable bonds is 15. The van der Waals surface area contributed by atoms with E-state index >= 15 is 0 Å². The molecule has 0 spiro atoms. The van der Waals surface area contributed by atoms with Crippen LogP contribution >= 0.6 is 0 Å². The molecule has 4 atom stereocenters. The molecular formula is C29H43N3O6S. The van der Waals surface area contributed by atoms with Crippen molar-refractivity contribution < 1.29 is 27.9 Å². The van der Waals surface area contributed by atoms with Crippen LogP contribution in [0.2, 0.25) is 0 Å². The molecule has 0 saturated carbocycles. The molecule has 0 unspecified atom stereocenters. The molecule has 0 fully saturated rings. The molecule has 0 aliphatic carbocycles. The molecular weight excluding hydrogens is 518 g/mol. The summed E-state index contributed by atoms with van der Waals surface area (Å²) < 4.78 is 33.8. The van der Waals surface area contributed by atoms with Gasteiger partial charge in [0.25, 0.3) is 0 Å². The van der Waals surface area contributed by atoms with Crippen LogP contribution in [-0.2, 0) is 26.0 Å². The molecule has 0 aliphatic rings. The van der Waals surface area contributed by atoms with Crippen LogP contribution in [-0.4, -0.2) is 68.0 Å². The topological polar surface area (TPSA) is 125 Å². The predicted molar refractivity (Wildman–Crippen MR) is 152 cm³/mol. The Labute approximate surface area is 233 Å². The first-order valence-corrected chi connectivity index (χ1v) is 14.8. The van der Waals surface area contributed by atoms with Gasteiger partial charge in [0.1, 0.15) is 11.8 Å². The summed E-state index contributed by atoms with van der Waals surface area (Å²) >= 11 is 0. The molecule has 10 heteroatoms. The predicted octanol–water partition coefficient (Wildman–Crippen LogP) is 2.98. The van der Waals surface area contributed by atoms with Crippen LogP contribution in [0.3, 0.4) is 0 Å². The summed E-state index contributed by atoms with van der Waals surface area (Å²) in [5.74, 6) is -0.397. The lowest BCUT2D eigenvalue weighted by molar-refractivity contribution is -0.130. The SMILES string of the molecule is CC[C@H](C)CN(C[C@@H](O)[C@H](Cc1ccccc1)NC(=O)[C@H](NC(C)=O)C(C)C)S(=O)(=O)c1ccc(OC)cc1. The molecule has 2 aromatic rings. The zero-order chi connectivity index (χ0) is 29.2. The van der Waals surface area contributed by atoms with E-state index in [0.717, 1.165) is 12.0 Å². The Hall–Kier alpha value is -2.95. The van der Waals surface area contributed by atoms with Crippen molar-refractivity contribution in [3.8, 4) is 5.75 Å². The molecule has 0 saturated heterocycles. The number of nitrogens with zero attached hydrogens (tertiary/aromatic N) is 1. The van der Waals surface area contributed by atoms with Crippen molar-refractivity contribution in [2.45, 2.75) is 70.5 Å². The zero-order valence-electron chi connectivity index (χ0n) is 23.8. The maximum Gasteiger partial charge on any atom is 0.243 e. The van der Waals surface area contributed by atoms with Crippen LogP contribution < -0.4 is 15.4 Å². The Morgan fingerprint density at radius 1 is 0.974 bits per heavy atom. The van der Waals surface area contributed by atoms with Crippen LogP contribution in [0.5, 0.6) is 5.75 Å². The maximum absolute atomic E-state index is 13.7. The number of carbonyl (C=O) groups excluding carboxylic acids is 2. The summed E-state index contributed by atoms with van der Waals surface area (Å²) in [7, 11) is -2.45. The highest BCUT2D eigenvalue weighted by Gasteiger charge is 2.33. The van der Waals surface area contributed by atoms with Crippen molar-refractivity contribution in [2.75, 3.05) is 20.2 Å². The molecule has 0 aromatic heterocycles. The van der Waals surface area contributed by atoms with Gasteiger partial charge in [-0.1, -0.05) is 64.4 Å². The maximum atomic E-state index is 13.7. The Balaban J connectivity index is 2.39. The van der Waals surface area contributed by atoms with E-state index in [1.807, 2.05) is 58.0 Å². The lowest BCUT2D eigenvalue weighted by Crippen LogP contribution is -2.56. The standard InChI is InChI=1S/C29H43N3O6S/c1-7-21(4)18-32(39(36,37)25-15-13-24(38-6)14-16-25)19-27(34)26(17-23-11-9-8-10-12-23)31-29(35)28(20(2)3)30-22(5)33/h8-16,20-21,26-28,34H,7,17-19H2,1-6H3,(H,30,33)(H,31,35)/t21-,26-,27+,28+/m0/s1. The van der Waals surface area contributed by atoms with E-state index in [1.165, 1.54) is 30.5 Å². The van der Waals surface area contributed by atoms with Gasteiger partial charge in [0.2, 0.25) is 21.8 Å². The van der Waals surface area contributed by atoms with Gasteiger partial charge in [-0.25, -0.2) is 8.42 Å². The van der Waals surface area contributed by atoms with Crippen molar-refractivity contribution in [3.05, 3.63) is 60.2 Å². The van der Waals surface area contributed by atoms with Gasteiger partial charge in [-0.15, -0.1) is 0 Å². The van der Waals surface area contributed by atoms with Gasteiger partial charge in [0.05, 0.1) is 24.2 Å². The van der Waals surface area contributed by atoms with Gasteiger partial charge in [0.15, 0.2) is 0 Å². The number of sulfonamides is 1. The van der Waals surface area contributed by atoms with Crippen molar-refractivity contribution in [1.29, 1.82) is 0 Å². The number of methoxy groups -OCH3 is 1. The molecule has 0 heterocycles. The van der Waals surface area contributed by atoms with E-state index in [4.69, 9.17) is 4.74 Å². The van der Waals surface area contributed by atoms with E-state index in [2.05, 4.69) is 10.6 Å². The van der Waals surface area contributed by atoms with E-state index in [9.17, 15) is 23.1 Å². The summed E-state index contributed by atoms with van der Waals surface area (Å²) in [6.45, 7) is 8.89. The van der Waals surface area contributed by atoms with E-state index in [1.54, 1.807) is 12.1 Å². The minimum absolute atomic E-state index is 0.0393. The first-order valence-electron chi connectivity index (χ1n) is 13.3. The number of amides is 2. The zero-order valence-corrected chi connectivity index (χ0v) is 24.6. The summed E-state index contributed by atoms with van der Waals surface area (Å²) in [4.78, 5) is 25.0. The number of ether oxygens (including phenoxy) is 1. The summed E-state index contributed by atoms with van der Waals surface area (Å²) in [6, 6.07) is 13.9. The lowest BCUT2D eigenvalue weighted by Gasteiger charge is -2.32. The molecule has 2 aromatic carbocycles. The van der Waals surface area contributed by atoms with Gasteiger partial charge in [-0.05, 0) is 48.1 Å². The number of aliphatic hydroxyl groups is 1. The number of hydrogen-bond acceptors (Lipinski definition) is 6. The minimum Gasteiger partial charge on any atom is -0.497 e. The Morgan fingerprint density at radius 3 is 2.10 bits per heavy atom. The molecule has 0 radical (unpaired) electrons. The second-order valence-electron chi connectivity index (χ2n) is 10.3. The second kappa shape index (κ2) is 15.0. The molecule has 0 bridgehead atoms. The molecule has 39 heavy (non-hydrogen) atoms. The highest BCUT2D eigenvalue weighted by molar-refractivity contribution is 7.89. The number of nitrogens with one attached hydrogen (secondary N) is 2. The van der Waals surface area contributed by atoms with E-state index in [0.29, 0.717) is 5.75 Å². The van der Waals surface area contributed by atoms with Crippen LogP contribution in [0, 0.1) is 11.8 Å². The average molecular weight is 562 g/mol. The highest BCUT2D eigenvalue weighted by Crippen LogP contribution is 2.22. The largest absolute Gasteiger partial charge is 0.497 e. The van der Waals surface area contributed by atoms with Gasteiger partial charge in [-0.3, -0.25) is 9.59 Å². The third kappa shape index (κ3) is 9.63. The normalized spacial score (nSPS) is 14.9. The van der Waals surface area contributed by atoms with Crippen LogP contribution in [0.25, 0.3) is 0 Å². The molecule has 0 aliphatic heterocycles. The fourth-order valence-electron chi connectivity index (χ4n) is 4.16. The Morgan fingerprint density at radius 2 is 1.59 bits per heavy atom. The van der Waals surface area contributed by atoms with E-state index < -0.39 is 34.1 Å². The third-order valence-corrected chi connectivity index (χ3v) is 8.54. The van der Waals surface area contributed by atoms with Crippen molar-refractivity contribution in [3.63, 3.8) is 0 Å².